The molecule has 0 unspecified atom stereocenters. The van der Waals surface area contributed by atoms with E-state index in [1.165, 1.54) is 12.5 Å². The van der Waals surface area contributed by atoms with Crippen molar-refractivity contribution >= 4 is 17.5 Å². The standard InChI is InChI=1S/C18H15ClN4O/c19-14-11-20-12-21-16(14)18(24)23-10-9-22-8-4-7-15(22)17(23)13-5-2-1-3-6-13/h1-8,11-12,17H,9-10H2/t17-/m1/s1. The third kappa shape index (κ3) is 2.47. The summed E-state index contributed by atoms with van der Waals surface area (Å²) in [6.07, 6.45) is 4.85. The van der Waals surface area contributed by atoms with Gasteiger partial charge in [-0.2, -0.15) is 0 Å². The normalized spacial score (nSPS) is 16.7. The molecule has 1 aliphatic heterocycles. The molecule has 0 saturated carbocycles. The fourth-order valence-electron chi connectivity index (χ4n) is 3.19. The first-order valence-electron chi connectivity index (χ1n) is 7.72. The lowest BCUT2D eigenvalue weighted by molar-refractivity contribution is 0.0658. The molecule has 0 bridgehead atoms. The van der Waals surface area contributed by atoms with Gasteiger partial charge in [0.2, 0.25) is 0 Å². The van der Waals surface area contributed by atoms with Gasteiger partial charge in [-0.3, -0.25) is 4.79 Å². The van der Waals surface area contributed by atoms with E-state index < -0.39 is 0 Å². The topological polar surface area (TPSA) is 51.0 Å². The molecule has 1 aromatic carbocycles. The van der Waals surface area contributed by atoms with Crippen LogP contribution in [0.25, 0.3) is 0 Å². The summed E-state index contributed by atoms with van der Waals surface area (Å²) in [5.74, 6) is -0.177. The SMILES string of the molecule is O=C(c1ncncc1Cl)N1CCn2cccc2[C@H]1c1ccccc1. The average molecular weight is 339 g/mol. The molecule has 0 saturated heterocycles. The number of aromatic nitrogens is 3. The van der Waals surface area contributed by atoms with Gasteiger partial charge in [-0.25, -0.2) is 9.97 Å². The molecule has 120 valence electrons. The highest BCUT2D eigenvalue weighted by atomic mass is 35.5. The lowest BCUT2D eigenvalue weighted by atomic mass is 9.99. The summed E-state index contributed by atoms with van der Waals surface area (Å²) in [5.41, 5.74) is 2.40. The Morgan fingerprint density at radius 1 is 1.12 bits per heavy atom. The molecule has 3 heterocycles. The van der Waals surface area contributed by atoms with Crippen LogP contribution in [0.2, 0.25) is 5.02 Å². The Bertz CT molecular complexity index is 877. The van der Waals surface area contributed by atoms with Gasteiger partial charge in [-0.05, 0) is 17.7 Å². The molecule has 6 heteroatoms. The van der Waals surface area contributed by atoms with Crippen LogP contribution in [0, 0.1) is 0 Å². The van der Waals surface area contributed by atoms with E-state index in [0.717, 1.165) is 17.8 Å². The van der Waals surface area contributed by atoms with Crippen LogP contribution >= 0.6 is 11.6 Å². The van der Waals surface area contributed by atoms with E-state index in [1.54, 1.807) is 0 Å². The zero-order chi connectivity index (χ0) is 16.5. The van der Waals surface area contributed by atoms with Crippen LogP contribution < -0.4 is 0 Å². The van der Waals surface area contributed by atoms with E-state index >= 15 is 0 Å². The van der Waals surface area contributed by atoms with E-state index in [1.807, 2.05) is 47.5 Å². The Labute approximate surface area is 144 Å². The Morgan fingerprint density at radius 2 is 1.96 bits per heavy atom. The lowest BCUT2D eigenvalue weighted by Crippen LogP contribution is -2.42. The monoisotopic (exact) mass is 338 g/mol. The highest BCUT2D eigenvalue weighted by Crippen LogP contribution is 2.33. The van der Waals surface area contributed by atoms with Crippen molar-refractivity contribution in [1.82, 2.24) is 19.4 Å². The van der Waals surface area contributed by atoms with Gasteiger partial charge < -0.3 is 9.47 Å². The molecular formula is C18H15ClN4O. The van der Waals surface area contributed by atoms with Gasteiger partial charge in [0, 0.05) is 31.2 Å². The minimum absolute atomic E-state index is 0.159. The first-order valence-corrected chi connectivity index (χ1v) is 8.10. The van der Waals surface area contributed by atoms with Gasteiger partial charge in [0.05, 0.1) is 11.1 Å². The van der Waals surface area contributed by atoms with Gasteiger partial charge in [0.15, 0.2) is 0 Å². The first kappa shape index (κ1) is 14.9. The lowest BCUT2D eigenvalue weighted by Gasteiger charge is -2.37. The van der Waals surface area contributed by atoms with Crippen LogP contribution in [0.1, 0.15) is 27.8 Å². The second-order valence-electron chi connectivity index (χ2n) is 5.66. The maximum Gasteiger partial charge on any atom is 0.275 e. The summed E-state index contributed by atoms with van der Waals surface area (Å²) in [6.45, 7) is 1.35. The molecule has 4 rings (SSSR count). The molecular weight excluding hydrogens is 324 g/mol. The second kappa shape index (κ2) is 6.09. The van der Waals surface area contributed by atoms with E-state index in [9.17, 15) is 4.79 Å². The van der Waals surface area contributed by atoms with Crippen molar-refractivity contribution in [2.75, 3.05) is 6.54 Å². The van der Waals surface area contributed by atoms with Crippen molar-refractivity contribution in [2.24, 2.45) is 0 Å². The molecule has 3 aromatic rings. The maximum absolute atomic E-state index is 13.1. The average Bonchev–Trinajstić information content (AvgIpc) is 3.10. The Kier molecular flexibility index (Phi) is 3.78. The third-order valence-electron chi connectivity index (χ3n) is 4.28. The van der Waals surface area contributed by atoms with Crippen LogP contribution in [0.15, 0.2) is 61.2 Å². The zero-order valence-corrected chi connectivity index (χ0v) is 13.6. The zero-order valence-electron chi connectivity index (χ0n) is 12.8. The molecule has 1 amide bonds. The quantitative estimate of drug-likeness (QED) is 0.721. The third-order valence-corrected chi connectivity index (χ3v) is 4.56. The summed E-state index contributed by atoms with van der Waals surface area (Å²) < 4.78 is 2.18. The van der Waals surface area contributed by atoms with Crippen LogP contribution in [0.3, 0.4) is 0 Å². The number of nitrogens with zero attached hydrogens (tertiary/aromatic N) is 4. The van der Waals surface area contributed by atoms with Gasteiger partial charge in [0.1, 0.15) is 12.0 Å². The van der Waals surface area contributed by atoms with Crippen molar-refractivity contribution in [3.8, 4) is 0 Å². The first-order chi connectivity index (χ1) is 11.8. The fourth-order valence-corrected chi connectivity index (χ4v) is 3.38. The predicted molar refractivity (Wildman–Crippen MR) is 90.8 cm³/mol. The molecule has 0 aliphatic carbocycles. The smallest absolute Gasteiger partial charge is 0.275 e. The highest BCUT2D eigenvalue weighted by molar-refractivity contribution is 6.33. The fraction of sp³-hybridized carbons (Fsp3) is 0.167. The van der Waals surface area contributed by atoms with Crippen molar-refractivity contribution in [3.63, 3.8) is 0 Å². The maximum atomic E-state index is 13.1. The number of amides is 1. The number of fused-ring (bicyclic) bond motifs is 1. The van der Waals surface area contributed by atoms with Gasteiger partial charge in [0.25, 0.3) is 5.91 Å². The molecule has 0 spiro atoms. The number of hydrogen-bond donors (Lipinski definition) is 0. The Morgan fingerprint density at radius 3 is 2.75 bits per heavy atom. The number of carbonyl (C=O) groups is 1. The number of hydrogen-bond acceptors (Lipinski definition) is 3. The highest BCUT2D eigenvalue weighted by Gasteiger charge is 2.33. The molecule has 5 nitrogen and oxygen atoms in total. The van der Waals surface area contributed by atoms with E-state index in [2.05, 4.69) is 20.6 Å². The summed E-state index contributed by atoms with van der Waals surface area (Å²) in [6, 6.07) is 13.9. The second-order valence-corrected chi connectivity index (χ2v) is 6.06. The molecule has 1 aliphatic rings. The summed E-state index contributed by atoms with van der Waals surface area (Å²) >= 11 is 6.13. The molecule has 0 radical (unpaired) electrons. The summed E-state index contributed by atoms with van der Waals surface area (Å²) in [4.78, 5) is 22.9. The van der Waals surface area contributed by atoms with Crippen molar-refractivity contribution < 1.29 is 4.79 Å². The van der Waals surface area contributed by atoms with Crippen molar-refractivity contribution in [3.05, 3.63) is 83.2 Å². The van der Waals surface area contributed by atoms with E-state index in [-0.39, 0.29) is 22.7 Å². The van der Waals surface area contributed by atoms with Crippen LogP contribution in [0.5, 0.6) is 0 Å². The Balaban J connectivity index is 1.80. The van der Waals surface area contributed by atoms with Gasteiger partial charge in [-0.15, -0.1) is 0 Å². The van der Waals surface area contributed by atoms with E-state index in [4.69, 9.17) is 11.6 Å². The molecule has 2 aromatic heterocycles. The largest absolute Gasteiger partial charge is 0.348 e. The van der Waals surface area contributed by atoms with Gasteiger partial charge in [-0.1, -0.05) is 41.9 Å². The summed E-state index contributed by atoms with van der Waals surface area (Å²) in [7, 11) is 0. The number of rotatable bonds is 2. The number of halogens is 1. The molecule has 0 fully saturated rings. The van der Waals surface area contributed by atoms with Crippen LogP contribution in [0.4, 0.5) is 0 Å². The van der Waals surface area contributed by atoms with Gasteiger partial charge >= 0.3 is 0 Å². The molecule has 1 atom stereocenters. The Hall–Kier alpha value is -2.66. The van der Waals surface area contributed by atoms with E-state index in [0.29, 0.717) is 6.54 Å². The van der Waals surface area contributed by atoms with Crippen LogP contribution in [-0.2, 0) is 6.54 Å². The molecule has 24 heavy (non-hydrogen) atoms. The molecule has 0 N–H and O–H groups in total. The predicted octanol–water partition coefficient (Wildman–Crippen LogP) is 3.18. The number of carbonyl (C=O) groups excluding carboxylic acids is 1. The van der Waals surface area contributed by atoms with Crippen LogP contribution in [-0.4, -0.2) is 31.9 Å². The number of benzene rings is 1. The minimum atomic E-state index is -0.177. The van der Waals surface area contributed by atoms with Crippen molar-refractivity contribution in [2.45, 2.75) is 12.6 Å². The van der Waals surface area contributed by atoms with Crippen molar-refractivity contribution in [1.29, 1.82) is 0 Å². The minimum Gasteiger partial charge on any atom is -0.348 e. The summed E-state index contributed by atoms with van der Waals surface area (Å²) in [5, 5.41) is 0.273.